The second kappa shape index (κ2) is 8.07. The van der Waals surface area contributed by atoms with Gasteiger partial charge in [-0.05, 0) is 67.8 Å². The van der Waals surface area contributed by atoms with Gasteiger partial charge in [-0.15, -0.1) is 0 Å². The van der Waals surface area contributed by atoms with Crippen LogP contribution in [-0.4, -0.2) is 60.8 Å². The highest BCUT2D eigenvalue weighted by molar-refractivity contribution is 5.27. The van der Waals surface area contributed by atoms with Crippen LogP contribution in [0.1, 0.15) is 31.2 Å². The van der Waals surface area contributed by atoms with Gasteiger partial charge >= 0.3 is 0 Å². The van der Waals surface area contributed by atoms with Crippen molar-refractivity contribution in [1.82, 2.24) is 9.80 Å². The second-order valence-electron chi connectivity index (χ2n) is 8.19. The van der Waals surface area contributed by atoms with Crippen LogP contribution in [0.5, 0.6) is 5.75 Å². The maximum Gasteiger partial charge on any atom is 0.115 e. The van der Waals surface area contributed by atoms with Crippen LogP contribution in [0.2, 0.25) is 0 Å². The molecule has 2 saturated heterocycles. The van der Waals surface area contributed by atoms with Crippen molar-refractivity contribution in [3.8, 4) is 5.75 Å². The molecule has 0 unspecified atom stereocenters. The number of hydrogen-bond donors (Lipinski definition) is 1. The van der Waals surface area contributed by atoms with Gasteiger partial charge in [0.15, 0.2) is 0 Å². The van der Waals surface area contributed by atoms with Crippen LogP contribution in [-0.2, 0) is 11.3 Å². The Morgan fingerprint density at radius 3 is 2.60 bits per heavy atom. The van der Waals surface area contributed by atoms with Gasteiger partial charge in [-0.25, -0.2) is 0 Å². The number of benzene rings is 1. The van der Waals surface area contributed by atoms with Crippen molar-refractivity contribution in [3.05, 3.63) is 29.8 Å². The molecule has 4 rings (SSSR count). The minimum Gasteiger partial charge on any atom is -0.508 e. The van der Waals surface area contributed by atoms with Crippen LogP contribution in [0.4, 0.5) is 0 Å². The van der Waals surface area contributed by atoms with E-state index in [4.69, 9.17) is 4.74 Å². The lowest BCUT2D eigenvalue weighted by Gasteiger charge is -2.26. The van der Waals surface area contributed by atoms with E-state index in [9.17, 15) is 5.11 Å². The van der Waals surface area contributed by atoms with Gasteiger partial charge < -0.3 is 14.7 Å². The third kappa shape index (κ3) is 4.55. The molecule has 1 aliphatic carbocycles. The van der Waals surface area contributed by atoms with Gasteiger partial charge in [-0.2, -0.15) is 0 Å². The number of hydrogen-bond acceptors (Lipinski definition) is 4. The van der Waals surface area contributed by atoms with E-state index in [-0.39, 0.29) is 0 Å². The fourth-order valence-electron chi connectivity index (χ4n) is 4.82. The van der Waals surface area contributed by atoms with Crippen LogP contribution in [0.3, 0.4) is 0 Å². The van der Waals surface area contributed by atoms with E-state index in [1.807, 2.05) is 12.1 Å². The van der Waals surface area contributed by atoms with E-state index in [0.717, 1.165) is 37.5 Å². The SMILES string of the molecule is Oc1cccc(CN2C[C@@H]3[C@@H](COCCCN4CCCCC4)[C@@H]3C2)c1. The van der Waals surface area contributed by atoms with E-state index in [1.165, 1.54) is 64.0 Å². The first-order valence-corrected chi connectivity index (χ1v) is 10.1. The van der Waals surface area contributed by atoms with Crippen molar-refractivity contribution in [2.75, 3.05) is 45.9 Å². The number of ether oxygens (including phenoxy) is 1. The van der Waals surface area contributed by atoms with E-state index in [1.54, 1.807) is 6.07 Å². The zero-order chi connectivity index (χ0) is 17.1. The second-order valence-corrected chi connectivity index (χ2v) is 8.19. The highest BCUT2D eigenvalue weighted by Gasteiger charge is 2.55. The lowest BCUT2D eigenvalue weighted by molar-refractivity contribution is 0.0967. The highest BCUT2D eigenvalue weighted by atomic mass is 16.5. The summed E-state index contributed by atoms with van der Waals surface area (Å²) in [4.78, 5) is 5.12. The molecule has 2 heterocycles. The molecule has 1 aromatic carbocycles. The molecule has 1 aromatic rings. The Bertz CT molecular complexity index is 547. The molecule has 0 aromatic heterocycles. The van der Waals surface area contributed by atoms with Gasteiger partial charge in [0.1, 0.15) is 5.75 Å². The summed E-state index contributed by atoms with van der Waals surface area (Å²) in [6.45, 7) is 9.06. The number of aromatic hydroxyl groups is 1. The van der Waals surface area contributed by atoms with Gasteiger partial charge in [0, 0.05) is 32.8 Å². The number of piperidine rings is 2. The fourth-order valence-corrected chi connectivity index (χ4v) is 4.82. The molecule has 3 aliphatic rings. The maximum absolute atomic E-state index is 9.58. The Kier molecular flexibility index (Phi) is 5.59. The van der Waals surface area contributed by atoms with Crippen LogP contribution >= 0.6 is 0 Å². The fraction of sp³-hybridized carbons (Fsp3) is 0.714. The van der Waals surface area contributed by atoms with E-state index in [0.29, 0.717) is 5.75 Å². The smallest absolute Gasteiger partial charge is 0.115 e. The number of phenolic OH excluding ortho intramolecular Hbond substituents is 1. The zero-order valence-corrected chi connectivity index (χ0v) is 15.3. The Hall–Kier alpha value is -1.10. The number of nitrogens with zero attached hydrogens (tertiary/aromatic N) is 2. The Balaban J connectivity index is 1.08. The molecule has 0 spiro atoms. The largest absolute Gasteiger partial charge is 0.508 e. The summed E-state index contributed by atoms with van der Waals surface area (Å²) in [5.41, 5.74) is 1.21. The summed E-state index contributed by atoms with van der Waals surface area (Å²) in [7, 11) is 0. The minimum atomic E-state index is 0.373. The van der Waals surface area contributed by atoms with Crippen molar-refractivity contribution >= 4 is 0 Å². The van der Waals surface area contributed by atoms with Gasteiger partial charge in [-0.3, -0.25) is 4.90 Å². The molecular formula is C21H32N2O2. The van der Waals surface area contributed by atoms with Crippen molar-refractivity contribution in [2.45, 2.75) is 32.2 Å². The van der Waals surface area contributed by atoms with E-state index < -0.39 is 0 Å². The van der Waals surface area contributed by atoms with Crippen LogP contribution < -0.4 is 0 Å². The summed E-state index contributed by atoms with van der Waals surface area (Å²) in [6.07, 6.45) is 5.36. The molecule has 0 bridgehead atoms. The molecular weight excluding hydrogens is 312 g/mol. The Morgan fingerprint density at radius 1 is 1.04 bits per heavy atom. The molecule has 2 aliphatic heterocycles. The lowest BCUT2D eigenvalue weighted by Crippen LogP contribution is -2.31. The number of fused-ring (bicyclic) bond motifs is 1. The molecule has 4 heteroatoms. The average Bonchev–Trinajstić information content (AvgIpc) is 3.07. The van der Waals surface area contributed by atoms with Gasteiger partial charge in [0.2, 0.25) is 0 Å². The standard InChI is InChI=1S/C21H32N2O2/c24-18-7-4-6-17(12-18)13-23-14-19-20(15-23)21(19)16-25-11-5-10-22-8-2-1-3-9-22/h4,6-7,12,19-21,24H,1-3,5,8-11,13-16H2/t19-,20+,21+. The van der Waals surface area contributed by atoms with Gasteiger partial charge in [0.05, 0.1) is 6.61 Å². The molecule has 138 valence electrons. The first-order chi connectivity index (χ1) is 12.3. The van der Waals surface area contributed by atoms with Gasteiger partial charge in [0.25, 0.3) is 0 Å². The molecule has 3 fully saturated rings. The first-order valence-electron chi connectivity index (χ1n) is 10.1. The zero-order valence-electron chi connectivity index (χ0n) is 15.3. The van der Waals surface area contributed by atoms with Crippen molar-refractivity contribution in [2.24, 2.45) is 17.8 Å². The normalized spacial score (nSPS) is 29.7. The molecule has 1 N–H and O–H groups in total. The van der Waals surface area contributed by atoms with Crippen LogP contribution in [0, 0.1) is 17.8 Å². The van der Waals surface area contributed by atoms with Crippen molar-refractivity contribution < 1.29 is 9.84 Å². The van der Waals surface area contributed by atoms with E-state index in [2.05, 4.69) is 15.9 Å². The van der Waals surface area contributed by atoms with Crippen molar-refractivity contribution in [1.29, 1.82) is 0 Å². The summed E-state index contributed by atoms with van der Waals surface area (Å²) in [5.74, 6) is 2.87. The molecule has 0 amide bonds. The highest BCUT2D eigenvalue weighted by Crippen LogP contribution is 2.52. The third-order valence-corrected chi connectivity index (χ3v) is 6.29. The summed E-state index contributed by atoms with van der Waals surface area (Å²) >= 11 is 0. The summed E-state index contributed by atoms with van der Waals surface area (Å²) < 4.78 is 5.98. The average molecular weight is 344 g/mol. The van der Waals surface area contributed by atoms with Crippen LogP contribution in [0.25, 0.3) is 0 Å². The first kappa shape index (κ1) is 17.3. The molecule has 1 saturated carbocycles. The monoisotopic (exact) mass is 344 g/mol. The Morgan fingerprint density at radius 2 is 1.84 bits per heavy atom. The molecule has 0 radical (unpaired) electrons. The number of phenols is 1. The lowest BCUT2D eigenvalue weighted by atomic mass is 10.1. The molecule has 25 heavy (non-hydrogen) atoms. The predicted molar refractivity (Wildman–Crippen MR) is 99.6 cm³/mol. The Labute approximate surface area is 151 Å². The topological polar surface area (TPSA) is 35.9 Å². The van der Waals surface area contributed by atoms with Crippen molar-refractivity contribution in [3.63, 3.8) is 0 Å². The van der Waals surface area contributed by atoms with E-state index >= 15 is 0 Å². The molecule has 4 nitrogen and oxygen atoms in total. The predicted octanol–water partition coefficient (Wildman–Crippen LogP) is 2.96. The maximum atomic E-state index is 9.58. The summed E-state index contributed by atoms with van der Waals surface area (Å²) in [6, 6.07) is 7.66. The summed E-state index contributed by atoms with van der Waals surface area (Å²) in [5, 5.41) is 9.58. The minimum absolute atomic E-state index is 0.373. The molecule has 3 atom stereocenters. The quantitative estimate of drug-likeness (QED) is 0.736. The van der Waals surface area contributed by atoms with Crippen LogP contribution in [0.15, 0.2) is 24.3 Å². The number of likely N-dealkylation sites (tertiary alicyclic amines) is 2. The number of rotatable bonds is 8. The third-order valence-electron chi connectivity index (χ3n) is 6.29. The van der Waals surface area contributed by atoms with Gasteiger partial charge in [-0.1, -0.05) is 18.6 Å².